The van der Waals surface area contributed by atoms with Crippen molar-refractivity contribution in [1.82, 2.24) is 15.1 Å². The lowest BCUT2D eigenvalue weighted by atomic mass is 10.3. The molecule has 0 radical (unpaired) electrons. The Bertz CT molecular complexity index is 482. The van der Waals surface area contributed by atoms with E-state index in [0.29, 0.717) is 44.1 Å². The molecule has 1 saturated heterocycles. The molecule has 1 aliphatic heterocycles. The SMILES string of the molecule is NC(CN1CCN(c2nnc(C(F)(F)F)s2)CC1)=NO. The van der Waals surface area contributed by atoms with E-state index in [4.69, 9.17) is 10.9 Å². The van der Waals surface area contributed by atoms with E-state index in [1.54, 1.807) is 4.90 Å². The highest BCUT2D eigenvalue weighted by molar-refractivity contribution is 7.15. The van der Waals surface area contributed by atoms with Gasteiger partial charge in [0.1, 0.15) is 0 Å². The van der Waals surface area contributed by atoms with Gasteiger partial charge in [-0.25, -0.2) is 0 Å². The summed E-state index contributed by atoms with van der Waals surface area (Å²) >= 11 is 0.538. The molecule has 0 unspecified atom stereocenters. The van der Waals surface area contributed by atoms with Crippen molar-refractivity contribution >= 4 is 22.3 Å². The average Bonchev–Trinajstić information content (AvgIpc) is 2.89. The van der Waals surface area contributed by atoms with Gasteiger partial charge in [-0.3, -0.25) is 4.90 Å². The van der Waals surface area contributed by atoms with Crippen molar-refractivity contribution in [1.29, 1.82) is 0 Å². The summed E-state index contributed by atoms with van der Waals surface area (Å²) in [6.07, 6.45) is -4.45. The van der Waals surface area contributed by atoms with Gasteiger partial charge in [-0.1, -0.05) is 16.5 Å². The quantitative estimate of drug-likeness (QED) is 0.364. The van der Waals surface area contributed by atoms with Gasteiger partial charge in [0.15, 0.2) is 5.84 Å². The molecule has 0 amide bonds. The molecule has 112 valence electrons. The first-order chi connectivity index (χ1) is 9.40. The van der Waals surface area contributed by atoms with Crippen LogP contribution in [0, 0.1) is 0 Å². The third-order valence-corrected chi connectivity index (χ3v) is 3.84. The van der Waals surface area contributed by atoms with Crippen molar-refractivity contribution < 1.29 is 18.4 Å². The Morgan fingerprint density at radius 2 is 1.95 bits per heavy atom. The molecule has 1 fully saturated rings. The molecule has 20 heavy (non-hydrogen) atoms. The standard InChI is InChI=1S/C9H13F3N6OS/c10-9(11,12)7-14-15-8(20-7)18-3-1-17(2-4-18)5-6(13)16-19/h19H,1-5H2,(H2,13,16). The molecule has 0 atom stereocenters. The van der Waals surface area contributed by atoms with E-state index >= 15 is 0 Å². The minimum atomic E-state index is -4.45. The average molecular weight is 310 g/mol. The van der Waals surface area contributed by atoms with Gasteiger partial charge in [0.2, 0.25) is 10.1 Å². The molecule has 0 saturated carbocycles. The Morgan fingerprint density at radius 3 is 2.45 bits per heavy atom. The largest absolute Gasteiger partial charge is 0.445 e. The summed E-state index contributed by atoms with van der Waals surface area (Å²) in [5, 5.41) is 17.4. The van der Waals surface area contributed by atoms with E-state index in [0.717, 1.165) is 0 Å². The number of amidine groups is 1. The molecule has 0 aliphatic carbocycles. The van der Waals surface area contributed by atoms with Crippen LogP contribution in [0.5, 0.6) is 0 Å². The highest BCUT2D eigenvalue weighted by atomic mass is 32.1. The zero-order valence-corrected chi connectivity index (χ0v) is 11.2. The molecule has 0 spiro atoms. The number of halogens is 3. The Balaban J connectivity index is 1.92. The second kappa shape index (κ2) is 5.79. The summed E-state index contributed by atoms with van der Waals surface area (Å²) in [7, 11) is 0. The van der Waals surface area contributed by atoms with E-state index in [-0.39, 0.29) is 11.0 Å². The van der Waals surface area contributed by atoms with Gasteiger partial charge in [-0.15, -0.1) is 10.2 Å². The zero-order chi connectivity index (χ0) is 14.8. The lowest BCUT2D eigenvalue weighted by Crippen LogP contribution is -2.48. The van der Waals surface area contributed by atoms with Gasteiger partial charge >= 0.3 is 6.18 Å². The van der Waals surface area contributed by atoms with Crippen molar-refractivity contribution in [2.75, 3.05) is 37.6 Å². The van der Waals surface area contributed by atoms with Crippen molar-refractivity contribution in [2.45, 2.75) is 6.18 Å². The lowest BCUT2D eigenvalue weighted by molar-refractivity contribution is -0.138. The summed E-state index contributed by atoms with van der Waals surface area (Å²) in [4.78, 5) is 3.69. The maximum Gasteiger partial charge on any atom is 0.445 e. The summed E-state index contributed by atoms with van der Waals surface area (Å²) < 4.78 is 37.3. The lowest BCUT2D eigenvalue weighted by Gasteiger charge is -2.33. The Morgan fingerprint density at radius 1 is 1.30 bits per heavy atom. The summed E-state index contributed by atoms with van der Waals surface area (Å²) in [5.74, 6) is 0.105. The second-order valence-corrected chi connectivity index (χ2v) is 5.20. The smallest absolute Gasteiger partial charge is 0.409 e. The second-order valence-electron chi connectivity index (χ2n) is 4.24. The maximum atomic E-state index is 12.4. The number of piperazine rings is 1. The number of alkyl halides is 3. The molecule has 1 aromatic heterocycles. The number of hydrogen-bond donors (Lipinski definition) is 2. The molecule has 2 rings (SSSR count). The summed E-state index contributed by atoms with van der Waals surface area (Å²) in [6.45, 7) is 2.55. The van der Waals surface area contributed by atoms with E-state index in [1.165, 1.54) is 0 Å². The van der Waals surface area contributed by atoms with Gasteiger partial charge < -0.3 is 15.8 Å². The molecule has 11 heteroatoms. The van der Waals surface area contributed by atoms with Gasteiger partial charge in [-0.05, 0) is 0 Å². The molecule has 1 aliphatic rings. The van der Waals surface area contributed by atoms with Crippen LogP contribution in [0.15, 0.2) is 5.16 Å². The number of anilines is 1. The number of nitrogens with two attached hydrogens (primary N) is 1. The van der Waals surface area contributed by atoms with Crippen LogP contribution in [0.2, 0.25) is 0 Å². The molecular formula is C9H13F3N6OS. The van der Waals surface area contributed by atoms with E-state index in [2.05, 4.69) is 15.4 Å². The summed E-state index contributed by atoms with van der Waals surface area (Å²) in [5.41, 5.74) is 5.40. The predicted molar refractivity (Wildman–Crippen MR) is 67.0 cm³/mol. The third-order valence-electron chi connectivity index (χ3n) is 2.81. The topological polar surface area (TPSA) is 90.9 Å². The maximum absolute atomic E-state index is 12.4. The van der Waals surface area contributed by atoms with Crippen molar-refractivity contribution in [3.8, 4) is 0 Å². The van der Waals surface area contributed by atoms with Crippen LogP contribution < -0.4 is 10.6 Å². The number of rotatable bonds is 3. The molecular weight excluding hydrogens is 297 g/mol. The Hall–Kier alpha value is -1.62. The van der Waals surface area contributed by atoms with Crippen molar-refractivity contribution in [2.24, 2.45) is 10.9 Å². The number of oxime groups is 1. The van der Waals surface area contributed by atoms with Crippen LogP contribution in [0.3, 0.4) is 0 Å². The first-order valence-electron chi connectivity index (χ1n) is 5.74. The summed E-state index contributed by atoms with van der Waals surface area (Å²) in [6, 6.07) is 0. The van der Waals surface area contributed by atoms with Gasteiger partial charge in [0.05, 0.1) is 6.54 Å². The zero-order valence-electron chi connectivity index (χ0n) is 10.3. The van der Waals surface area contributed by atoms with Gasteiger partial charge in [0, 0.05) is 26.2 Å². The fourth-order valence-corrected chi connectivity index (χ4v) is 2.58. The Kier molecular flexibility index (Phi) is 4.28. The Labute approximate surface area is 116 Å². The fourth-order valence-electron chi connectivity index (χ4n) is 1.82. The minimum absolute atomic E-state index is 0.105. The van der Waals surface area contributed by atoms with Crippen LogP contribution in [0.1, 0.15) is 5.01 Å². The molecule has 3 N–H and O–H groups in total. The predicted octanol–water partition coefficient (Wildman–Crippen LogP) is 0.425. The number of nitrogens with zero attached hydrogens (tertiary/aromatic N) is 5. The highest BCUT2D eigenvalue weighted by Crippen LogP contribution is 2.34. The number of aromatic nitrogens is 2. The molecule has 0 aromatic carbocycles. The third kappa shape index (κ3) is 3.48. The molecule has 1 aromatic rings. The number of hydrogen-bond acceptors (Lipinski definition) is 7. The molecule has 7 nitrogen and oxygen atoms in total. The monoisotopic (exact) mass is 310 g/mol. The molecule has 2 heterocycles. The van der Waals surface area contributed by atoms with Crippen LogP contribution in [-0.4, -0.2) is 58.9 Å². The van der Waals surface area contributed by atoms with E-state index < -0.39 is 11.2 Å². The van der Waals surface area contributed by atoms with E-state index in [1.807, 2.05) is 4.90 Å². The first-order valence-corrected chi connectivity index (χ1v) is 6.56. The fraction of sp³-hybridized carbons (Fsp3) is 0.667. The van der Waals surface area contributed by atoms with Crippen molar-refractivity contribution in [3.63, 3.8) is 0 Å². The van der Waals surface area contributed by atoms with Crippen LogP contribution in [0.4, 0.5) is 18.3 Å². The van der Waals surface area contributed by atoms with Crippen molar-refractivity contribution in [3.05, 3.63) is 5.01 Å². The normalized spacial score (nSPS) is 18.6. The van der Waals surface area contributed by atoms with Crippen LogP contribution in [-0.2, 0) is 6.18 Å². The van der Waals surface area contributed by atoms with Gasteiger partial charge in [-0.2, -0.15) is 13.2 Å². The van der Waals surface area contributed by atoms with Crippen LogP contribution >= 0.6 is 11.3 Å². The van der Waals surface area contributed by atoms with Gasteiger partial charge in [0.25, 0.3) is 0 Å². The van der Waals surface area contributed by atoms with E-state index in [9.17, 15) is 13.2 Å². The first kappa shape index (κ1) is 14.8. The van der Waals surface area contributed by atoms with Crippen LogP contribution in [0.25, 0.3) is 0 Å². The highest BCUT2D eigenvalue weighted by Gasteiger charge is 2.36. The minimum Gasteiger partial charge on any atom is -0.409 e. The molecule has 0 bridgehead atoms.